The Morgan fingerprint density at radius 3 is 2.11 bits per heavy atom. The molecule has 54 heavy (non-hydrogen) atoms. The molecule has 0 aliphatic heterocycles. The third kappa shape index (κ3) is 11.4. The van der Waals surface area contributed by atoms with Crippen LogP contribution in [-0.4, -0.2) is 90.4 Å². The van der Waals surface area contributed by atoms with Gasteiger partial charge in [0, 0.05) is 22.8 Å². The fourth-order valence-electron chi connectivity index (χ4n) is 4.96. The summed E-state index contributed by atoms with van der Waals surface area (Å²) in [5.41, 5.74) is 16.5. The van der Waals surface area contributed by atoms with Crippen LogP contribution in [0.5, 0.6) is 6.01 Å². The van der Waals surface area contributed by atoms with E-state index in [1.54, 1.807) is 12.1 Å². The van der Waals surface area contributed by atoms with Crippen LogP contribution in [0.2, 0.25) is 5.02 Å². The molecule has 12 N–H and O–H groups in total. The number of guanidine groups is 1. The average molecular weight is 773 g/mol. The lowest BCUT2D eigenvalue weighted by Gasteiger charge is -2.28. The van der Waals surface area contributed by atoms with Crippen molar-refractivity contribution in [2.75, 3.05) is 17.2 Å². The lowest BCUT2D eigenvalue weighted by atomic mass is 9.64. The highest BCUT2D eigenvalue weighted by molar-refractivity contribution is 6.40. The summed E-state index contributed by atoms with van der Waals surface area (Å²) in [6.45, 7) is 0.187. The number of benzene rings is 2. The summed E-state index contributed by atoms with van der Waals surface area (Å²) in [4.78, 5) is 62.0. The maximum absolute atomic E-state index is 13.7. The van der Waals surface area contributed by atoms with Gasteiger partial charge < -0.3 is 48.5 Å². The second-order valence-corrected chi connectivity index (χ2v) is 13.4. The van der Waals surface area contributed by atoms with E-state index in [0.29, 0.717) is 23.6 Å². The summed E-state index contributed by atoms with van der Waals surface area (Å²) in [6, 6.07) is 9.58. The Labute approximate surface area is 313 Å². The summed E-state index contributed by atoms with van der Waals surface area (Å²) in [6.07, 6.45) is -3.65. The molecule has 0 spiro atoms. The first-order valence-corrected chi connectivity index (χ1v) is 16.8. The first-order valence-electron chi connectivity index (χ1n) is 16.5. The summed E-state index contributed by atoms with van der Waals surface area (Å²) in [5, 5.41) is 18.7. The van der Waals surface area contributed by atoms with Crippen molar-refractivity contribution in [3.63, 3.8) is 0 Å². The van der Waals surface area contributed by atoms with Gasteiger partial charge in [-0.15, -0.1) is 0 Å². The van der Waals surface area contributed by atoms with Crippen molar-refractivity contribution in [2.24, 2.45) is 17.2 Å². The Bertz CT molecular complexity index is 1870. The molecule has 23 heteroatoms. The number of rotatable bonds is 18. The van der Waals surface area contributed by atoms with Gasteiger partial charge >= 0.3 is 12.2 Å². The molecule has 0 saturated heterocycles. The topological polar surface area (TPSA) is 278 Å². The number of hydrogen-bond acceptors (Lipinski definition) is 11. The predicted octanol–water partition coefficient (Wildman–Crippen LogP) is -0.562. The third-order valence-electron chi connectivity index (χ3n) is 8.22. The summed E-state index contributed by atoms with van der Waals surface area (Å²) in [7, 11) is 1.68. The van der Waals surface area contributed by atoms with Gasteiger partial charge in [0.15, 0.2) is 21.7 Å². The molecular weight excluding hydrogens is 734 g/mol. The molecular formula is C31H38B2ClF3N12O5. The molecule has 1 aromatic heterocycles. The van der Waals surface area contributed by atoms with Crippen molar-refractivity contribution in [1.29, 1.82) is 5.41 Å². The number of carbonyl (C=O) groups is 4. The van der Waals surface area contributed by atoms with Crippen LogP contribution in [0.1, 0.15) is 48.0 Å². The van der Waals surface area contributed by atoms with Crippen LogP contribution in [0.3, 0.4) is 0 Å². The van der Waals surface area contributed by atoms with E-state index >= 15 is 0 Å². The van der Waals surface area contributed by atoms with Crippen LogP contribution in [0.4, 0.5) is 30.8 Å². The van der Waals surface area contributed by atoms with Crippen LogP contribution in [-0.2, 0) is 19.9 Å². The predicted molar refractivity (Wildman–Crippen MR) is 197 cm³/mol. The Morgan fingerprint density at radius 2 is 1.56 bits per heavy atom. The van der Waals surface area contributed by atoms with Gasteiger partial charge in [0.25, 0.3) is 5.91 Å². The number of halogens is 4. The number of primary amides is 2. The SMILES string of the molecule is BC(B)(Oc1nc(Nc2ccc(C(=O)N[C@@H](CCCNC(=N)N)C(=O)N[C@@H](CC(N)=O)C(N)=O)cc2)nc(NC2(c3ccc(Cl)cc3)CC2)n1)C(F)(F)F. The van der Waals surface area contributed by atoms with Crippen molar-refractivity contribution < 1.29 is 37.1 Å². The highest BCUT2D eigenvalue weighted by Gasteiger charge is 2.50. The molecule has 2 aromatic carbocycles. The van der Waals surface area contributed by atoms with Crippen molar-refractivity contribution >= 4 is 74.5 Å². The van der Waals surface area contributed by atoms with Gasteiger partial charge in [-0.2, -0.15) is 28.1 Å². The number of hydrogen-bond donors (Lipinski definition) is 9. The standard InChI is InChI=1S/C31H38B2ClF3N12O5/c32-30(33,31(35,36)37)54-28-47-26(46-27(48-28)49-29(11-12-29)16-5-7-17(34)8-6-16)43-18-9-3-15(4-10-18)23(52)44-19(2-1-13-42-25(40)41)24(53)45-20(22(39)51)14-21(38)50/h3-10,19-20H,1-2,11-14,32-33H2,(H2,38,50)(H2,39,51)(H,44,52)(H,45,53)(H4,40,41,42)(H2,43,46,47,48,49)/t19-,20-/m0/s1. The minimum absolute atomic E-state index is 0.0319. The quantitative estimate of drug-likeness (QED) is 0.0341. The number of nitrogens with one attached hydrogen (secondary N) is 6. The summed E-state index contributed by atoms with van der Waals surface area (Å²) < 4.78 is 46.4. The lowest BCUT2D eigenvalue weighted by Crippen LogP contribution is -2.54. The molecule has 1 saturated carbocycles. The van der Waals surface area contributed by atoms with E-state index in [9.17, 15) is 32.3 Å². The Hall–Kier alpha value is -5.79. The molecule has 0 bridgehead atoms. The molecule has 1 fully saturated rings. The molecule has 17 nitrogen and oxygen atoms in total. The van der Waals surface area contributed by atoms with Gasteiger partial charge in [-0.1, -0.05) is 23.7 Å². The fourth-order valence-corrected chi connectivity index (χ4v) is 5.09. The molecule has 4 amide bonds. The maximum Gasteiger partial charge on any atom is 0.411 e. The number of nitrogens with two attached hydrogens (primary N) is 3. The van der Waals surface area contributed by atoms with E-state index in [1.165, 1.54) is 24.3 Å². The number of amides is 4. The van der Waals surface area contributed by atoms with E-state index in [4.69, 9.17) is 38.9 Å². The Balaban J connectivity index is 1.53. The highest BCUT2D eigenvalue weighted by Crippen LogP contribution is 2.48. The number of nitrogens with zero attached hydrogens (tertiary/aromatic N) is 3. The molecule has 2 atom stereocenters. The van der Waals surface area contributed by atoms with Crippen LogP contribution < -0.4 is 48.5 Å². The Morgan fingerprint density at radius 1 is 0.926 bits per heavy atom. The molecule has 3 aromatic rings. The number of carbonyl (C=O) groups excluding carboxylic acids is 4. The summed E-state index contributed by atoms with van der Waals surface area (Å²) >= 11 is 6.05. The van der Waals surface area contributed by atoms with Crippen molar-refractivity contribution in [3.05, 3.63) is 64.7 Å². The van der Waals surface area contributed by atoms with E-state index in [0.717, 1.165) is 21.3 Å². The number of anilines is 3. The maximum atomic E-state index is 13.7. The van der Waals surface area contributed by atoms with Gasteiger partial charge in [0.05, 0.1) is 12.0 Å². The molecule has 0 radical (unpaired) electrons. The zero-order chi connectivity index (χ0) is 39.8. The molecule has 1 heterocycles. The number of alkyl halides is 3. The van der Waals surface area contributed by atoms with Crippen molar-refractivity contribution in [3.8, 4) is 6.01 Å². The summed E-state index contributed by atoms with van der Waals surface area (Å²) in [5.74, 6) is -3.92. The van der Waals surface area contributed by atoms with Crippen LogP contribution in [0, 0.1) is 5.41 Å². The van der Waals surface area contributed by atoms with Gasteiger partial charge in [0.2, 0.25) is 29.6 Å². The van der Waals surface area contributed by atoms with E-state index < -0.39 is 65.3 Å². The second kappa shape index (κ2) is 16.9. The minimum atomic E-state index is -4.75. The van der Waals surface area contributed by atoms with E-state index in [1.807, 2.05) is 12.1 Å². The molecule has 1 aliphatic rings. The highest BCUT2D eigenvalue weighted by atomic mass is 35.5. The fraction of sp³-hybridized carbons (Fsp3) is 0.355. The first-order chi connectivity index (χ1) is 25.3. The van der Waals surface area contributed by atoms with Gasteiger partial charge in [-0.25, -0.2) is 0 Å². The molecule has 1 aliphatic carbocycles. The van der Waals surface area contributed by atoms with Crippen LogP contribution >= 0.6 is 11.6 Å². The van der Waals surface area contributed by atoms with Gasteiger partial charge in [-0.3, -0.25) is 24.6 Å². The molecule has 0 unspecified atom stereocenters. The smallest absolute Gasteiger partial charge is 0.411 e. The number of aromatic nitrogens is 3. The number of ether oxygens (including phenoxy) is 1. The van der Waals surface area contributed by atoms with Crippen LogP contribution in [0.25, 0.3) is 0 Å². The normalized spacial score (nSPS) is 14.4. The second-order valence-electron chi connectivity index (χ2n) is 12.9. The average Bonchev–Trinajstić information content (AvgIpc) is 3.85. The van der Waals surface area contributed by atoms with Gasteiger partial charge in [0.1, 0.15) is 17.5 Å². The first kappa shape index (κ1) is 41.0. The van der Waals surface area contributed by atoms with Crippen LogP contribution in [0.15, 0.2) is 48.5 Å². The van der Waals surface area contributed by atoms with Crippen molar-refractivity contribution in [2.45, 2.75) is 61.3 Å². The Kier molecular flexibility index (Phi) is 12.8. The molecule has 286 valence electrons. The van der Waals surface area contributed by atoms with Gasteiger partial charge in [-0.05, 0) is 67.6 Å². The zero-order valence-electron chi connectivity index (χ0n) is 29.1. The largest absolute Gasteiger partial charge is 0.466 e. The minimum Gasteiger partial charge on any atom is -0.466 e. The monoisotopic (exact) mass is 772 g/mol. The zero-order valence-corrected chi connectivity index (χ0v) is 29.9. The third-order valence-corrected chi connectivity index (χ3v) is 8.47. The van der Waals surface area contributed by atoms with Crippen molar-refractivity contribution in [1.82, 2.24) is 30.9 Å². The van der Waals surface area contributed by atoms with E-state index in [-0.39, 0.29) is 42.8 Å². The lowest BCUT2D eigenvalue weighted by molar-refractivity contribution is -0.187. The molecule has 4 rings (SSSR count). The van der Waals surface area contributed by atoms with E-state index in [2.05, 4.69) is 41.5 Å².